The fraction of sp³-hybridized carbons (Fsp3) is 0.208. The number of amides is 2. The number of likely N-dealkylation sites (tertiary alicyclic amines) is 1. The molecule has 0 spiro atoms. The summed E-state index contributed by atoms with van der Waals surface area (Å²) in [6.45, 7) is 2.73. The number of pyridine rings is 1. The number of hydrogen-bond donors (Lipinski definition) is 2. The third-order valence-corrected chi connectivity index (χ3v) is 5.65. The lowest BCUT2D eigenvalue weighted by Gasteiger charge is -2.23. The molecule has 6 heteroatoms. The number of nitrogens with zero attached hydrogens (tertiary/aromatic N) is 3. The summed E-state index contributed by atoms with van der Waals surface area (Å²) in [5, 5.41) is 4.06. The molecule has 2 aromatic carbocycles. The van der Waals surface area contributed by atoms with Gasteiger partial charge in [0.2, 0.25) is 0 Å². The quantitative estimate of drug-likeness (QED) is 0.492. The Kier molecular flexibility index (Phi) is 4.67. The molecule has 1 fully saturated rings. The van der Waals surface area contributed by atoms with Crippen molar-refractivity contribution in [1.82, 2.24) is 19.9 Å². The lowest BCUT2D eigenvalue weighted by Crippen LogP contribution is -2.35. The number of H-pyrrole nitrogens is 1. The molecule has 2 aromatic heterocycles. The summed E-state index contributed by atoms with van der Waals surface area (Å²) in [4.78, 5) is 27.7. The molecule has 0 unspecified atom stereocenters. The number of aromatic amines is 1. The number of carbonyl (C=O) groups is 1. The van der Waals surface area contributed by atoms with Crippen molar-refractivity contribution in [3.8, 4) is 11.3 Å². The second-order valence-corrected chi connectivity index (χ2v) is 7.62. The van der Waals surface area contributed by atoms with E-state index in [9.17, 15) is 4.79 Å². The van der Waals surface area contributed by atoms with Crippen molar-refractivity contribution in [2.75, 3.05) is 11.9 Å². The summed E-state index contributed by atoms with van der Waals surface area (Å²) in [6.07, 6.45) is 3.59. The maximum absolute atomic E-state index is 13.1. The Balaban J connectivity index is 1.41. The molecular weight excluding hydrogens is 374 g/mol. The van der Waals surface area contributed by atoms with Gasteiger partial charge < -0.3 is 15.2 Å². The highest BCUT2D eigenvalue weighted by Crippen LogP contribution is 2.33. The number of imidazole rings is 1. The average molecular weight is 397 g/mol. The van der Waals surface area contributed by atoms with Gasteiger partial charge in [-0.2, -0.15) is 0 Å². The molecule has 30 heavy (non-hydrogen) atoms. The molecule has 2 amide bonds. The van der Waals surface area contributed by atoms with E-state index in [-0.39, 0.29) is 12.1 Å². The van der Waals surface area contributed by atoms with Crippen LogP contribution in [0.5, 0.6) is 0 Å². The van der Waals surface area contributed by atoms with Gasteiger partial charge in [-0.05, 0) is 31.9 Å². The van der Waals surface area contributed by atoms with Gasteiger partial charge in [0.05, 0.1) is 22.9 Å². The summed E-state index contributed by atoms with van der Waals surface area (Å²) in [5.41, 5.74) is 4.56. The molecule has 150 valence electrons. The number of aryl methyl sites for hydroxylation is 1. The van der Waals surface area contributed by atoms with Gasteiger partial charge in [-0.3, -0.25) is 4.98 Å². The van der Waals surface area contributed by atoms with E-state index >= 15 is 0 Å². The van der Waals surface area contributed by atoms with E-state index in [1.807, 2.05) is 60.4 Å². The van der Waals surface area contributed by atoms with Crippen LogP contribution in [0, 0.1) is 6.92 Å². The van der Waals surface area contributed by atoms with Crippen LogP contribution in [0.2, 0.25) is 0 Å². The predicted octanol–water partition coefficient (Wildman–Crippen LogP) is 5.30. The Morgan fingerprint density at radius 3 is 2.80 bits per heavy atom. The molecule has 5 rings (SSSR count). The number of fused-ring (bicyclic) bond motifs is 1. The fourth-order valence-corrected chi connectivity index (χ4v) is 4.20. The van der Waals surface area contributed by atoms with Crippen molar-refractivity contribution >= 4 is 22.6 Å². The first-order chi connectivity index (χ1) is 14.7. The van der Waals surface area contributed by atoms with Crippen molar-refractivity contribution in [2.45, 2.75) is 25.8 Å². The van der Waals surface area contributed by atoms with Crippen LogP contribution in [-0.4, -0.2) is 32.4 Å². The molecule has 1 aliphatic heterocycles. The van der Waals surface area contributed by atoms with Crippen molar-refractivity contribution in [2.24, 2.45) is 0 Å². The van der Waals surface area contributed by atoms with Gasteiger partial charge in [0.1, 0.15) is 5.82 Å². The van der Waals surface area contributed by atoms with Crippen molar-refractivity contribution in [3.63, 3.8) is 0 Å². The van der Waals surface area contributed by atoms with Gasteiger partial charge in [0.15, 0.2) is 0 Å². The second kappa shape index (κ2) is 7.63. The molecule has 0 bridgehead atoms. The van der Waals surface area contributed by atoms with Crippen molar-refractivity contribution in [3.05, 3.63) is 78.4 Å². The van der Waals surface area contributed by atoms with Crippen LogP contribution in [0.3, 0.4) is 0 Å². The number of carbonyl (C=O) groups excluding carboxylic acids is 1. The van der Waals surface area contributed by atoms with Gasteiger partial charge in [-0.1, -0.05) is 48.5 Å². The minimum atomic E-state index is -0.119. The summed E-state index contributed by atoms with van der Waals surface area (Å²) >= 11 is 0. The van der Waals surface area contributed by atoms with E-state index < -0.39 is 0 Å². The van der Waals surface area contributed by atoms with E-state index in [2.05, 4.69) is 27.4 Å². The molecule has 2 N–H and O–H groups in total. The number of hydrogen-bond acceptors (Lipinski definition) is 3. The van der Waals surface area contributed by atoms with E-state index in [1.165, 1.54) is 0 Å². The van der Waals surface area contributed by atoms with Gasteiger partial charge in [0, 0.05) is 29.4 Å². The zero-order chi connectivity index (χ0) is 20.5. The maximum Gasteiger partial charge on any atom is 0.322 e. The molecular formula is C24H23N5O. The number of urea groups is 1. The summed E-state index contributed by atoms with van der Waals surface area (Å²) < 4.78 is 0. The van der Waals surface area contributed by atoms with Crippen LogP contribution in [-0.2, 0) is 0 Å². The van der Waals surface area contributed by atoms with Gasteiger partial charge in [0.25, 0.3) is 0 Å². The zero-order valence-corrected chi connectivity index (χ0v) is 16.8. The number of para-hydroxylation sites is 1. The number of nitrogens with one attached hydrogen (secondary N) is 2. The Hall–Kier alpha value is -3.67. The highest BCUT2D eigenvalue weighted by atomic mass is 16.2. The van der Waals surface area contributed by atoms with Gasteiger partial charge >= 0.3 is 6.03 Å². The first-order valence-electron chi connectivity index (χ1n) is 10.2. The van der Waals surface area contributed by atoms with Crippen LogP contribution in [0.15, 0.2) is 66.9 Å². The largest absolute Gasteiger partial charge is 0.344 e. The van der Waals surface area contributed by atoms with Gasteiger partial charge in [-0.25, -0.2) is 9.78 Å². The third-order valence-electron chi connectivity index (χ3n) is 5.65. The monoisotopic (exact) mass is 397 g/mol. The SMILES string of the molecule is Cc1[nH]c([C@@H]2CCCN2C(=O)Nc2cccc3cccnc23)nc1-c1ccccc1. The highest BCUT2D eigenvalue weighted by molar-refractivity contribution is 5.99. The number of rotatable bonds is 3. The van der Waals surface area contributed by atoms with Crippen LogP contribution in [0.25, 0.3) is 22.2 Å². The van der Waals surface area contributed by atoms with Crippen molar-refractivity contribution in [1.29, 1.82) is 0 Å². The molecule has 1 aliphatic rings. The Morgan fingerprint density at radius 1 is 1.10 bits per heavy atom. The smallest absolute Gasteiger partial charge is 0.322 e. The molecule has 6 nitrogen and oxygen atoms in total. The van der Waals surface area contributed by atoms with Gasteiger partial charge in [-0.15, -0.1) is 0 Å². The topological polar surface area (TPSA) is 73.9 Å². The molecule has 1 saturated heterocycles. The average Bonchev–Trinajstić information content (AvgIpc) is 3.41. The lowest BCUT2D eigenvalue weighted by atomic mass is 10.1. The Morgan fingerprint density at radius 2 is 1.93 bits per heavy atom. The Labute approximate surface area is 175 Å². The molecule has 0 saturated carbocycles. The molecule has 0 aliphatic carbocycles. The van der Waals surface area contributed by atoms with Crippen LogP contribution in [0.4, 0.5) is 10.5 Å². The maximum atomic E-state index is 13.1. The number of benzene rings is 2. The molecule has 1 atom stereocenters. The third kappa shape index (κ3) is 3.30. The standard InChI is InChI=1S/C24H23N5O/c1-16-21(17-8-3-2-4-9-17)28-23(26-16)20-13-7-15-29(20)24(30)27-19-12-5-10-18-11-6-14-25-22(18)19/h2-6,8-12,14,20H,7,13,15H2,1H3,(H,26,28)(H,27,30)/t20-/m0/s1. The summed E-state index contributed by atoms with van der Waals surface area (Å²) in [6, 6.07) is 19.7. The first-order valence-corrected chi connectivity index (χ1v) is 10.2. The molecule has 4 aromatic rings. The van der Waals surface area contributed by atoms with E-state index in [0.29, 0.717) is 6.54 Å². The zero-order valence-electron chi connectivity index (χ0n) is 16.8. The summed E-state index contributed by atoms with van der Waals surface area (Å²) in [7, 11) is 0. The molecule has 0 radical (unpaired) electrons. The number of aromatic nitrogens is 3. The van der Waals surface area contributed by atoms with Crippen LogP contribution >= 0.6 is 0 Å². The predicted molar refractivity (Wildman–Crippen MR) is 118 cm³/mol. The van der Waals surface area contributed by atoms with E-state index in [0.717, 1.165) is 52.2 Å². The van der Waals surface area contributed by atoms with Crippen molar-refractivity contribution < 1.29 is 4.79 Å². The minimum Gasteiger partial charge on any atom is -0.344 e. The summed E-state index contributed by atoms with van der Waals surface area (Å²) in [5.74, 6) is 0.843. The lowest BCUT2D eigenvalue weighted by molar-refractivity contribution is 0.205. The highest BCUT2D eigenvalue weighted by Gasteiger charge is 2.33. The number of anilines is 1. The normalized spacial score (nSPS) is 16.2. The van der Waals surface area contributed by atoms with Crippen LogP contribution < -0.4 is 5.32 Å². The Bertz CT molecular complexity index is 1200. The minimum absolute atomic E-state index is 0.0657. The van der Waals surface area contributed by atoms with Crippen LogP contribution in [0.1, 0.15) is 30.4 Å². The first kappa shape index (κ1) is 18.4. The van der Waals surface area contributed by atoms with E-state index in [1.54, 1.807) is 6.20 Å². The fourth-order valence-electron chi connectivity index (χ4n) is 4.20. The van der Waals surface area contributed by atoms with E-state index in [4.69, 9.17) is 4.98 Å². The molecule has 3 heterocycles. The second-order valence-electron chi connectivity index (χ2n) is 7.62.